The molecule has 3 N–H and O–H groups in total. The quantitative estimate of drug-likeness (QED) is 0.151. The fourth-order valence-electron chi connectivity index (χ4n) is 5.05. The number of para-hydroxylation sites is 1. The monoisotopic (exact) mass is 626 g/mol. The maximum absolute atomic E-state index is 13.6. The summed E-state index contributed by atoms with van der Waals surface area (Å²) in [7, 11) is 0. The molecule has 0 bridgehead atoms. The number of alkyl carbamates (subject to hydrolysis) is 1. The number of aliphatic hydroxyl groups is 1. The highest BCUT2D eigenvalue weighted by molar-refractivity contribution is 6.04. The van der Waals surface area contributed by atoms with Crippen molar-refractivity contribution in [2.75, 3.05) is 11.4 Å². The lowest BCUT2D eigenvalue weighted by Gasteiger charge is -2.26. The first kappa shape index (κ1) is 33.9. The summed E-state index contributed by atoms with van der Waals surface area (Å²) in [5, 5.41) is 17.1. The van der Waals surface area contributed by atoms with E-state index in [2.05, 4.69) is 15.6 Å². The lowest BCUT2D eigenvalue weighted by molar-refractivity contribution is -0.125. The molecule has 4 rings (SSSR count). The number of rotatable bonds is 15. The molecule has 3 unspecified atom stereocenters. The van der Waals surface area contributed by atoms with Gasteiger partial charge in [0.05, 0.1) is 6.04 Å². The van der Waals surface area contributed by atoms with Crippen LogP contribution >= 0.6 is 0 Å². The second-order valence-corrected chi connectivity index (χ2v) is 11.4. The summed E-state index contributed by atoms with van der Waals surface area (Å²) in [6.07, 6.45) is 0.340. The Bertz CT molecular complexity index is 1530. The lowest BCUT2D eigenvalue weighted by atomic mass is 9.99. The highest BCUT2D eigenvalue weighted by atomic mass is 16.5. The average molecular weight is 627 g/mol. The van der Waals surface area contributed by atoms with Gasteiger partial charge >= 0.3 is 6.09 Å². The third-order valence-electron chi connectivity index (χ3n) is 7.45. The first-order valence-corrected chi connectivity index (χ1v) is 15.6. The standard InChI is InChI=1S/C36H42N4O6/c1-4-40(28-18-12-7-13-19-28)35(43)31-24-45-34(38-31)32(41)29(21-20-26-14-8-5-9-15-26)37-33(42)30(22-25(2)3)39-36(44)46-23-27-16-10-6-11-17-27/h5-19,24-25,29-30,32,41H,4,20-23H2,1-3H3,(H,37,42)(H,39,44). The van der Waals surface area contributed by atoms with Crippen LogP contribution in [0.3, 0.4) is 0 Å². The summed E-state index contributed by atoms with van der Waals surface area (Å²) >= 11 is 0. The van der Waals surface area contributed by atoms with Gasteiger partial charge in [-0.2, -0.15) is 0 Å². The molecule has 0 fully saturated rings. The molecule has 3 amide bonds. The molecular formula is C36H42N4O6. The van der Waals surface area contributed by atoms with Crippen molar-refractivity contribution in [3.63, 3.8) is 0 Å². The molecule has 0 aliphatic heterocycles. The third kappa shape index (κ3) is 9.77. The second kappa shape index (κ2) is 16.9. The van der Waals surface area contributed by atoms with Gasteiger partial charge in [-0.1, -0.05) is 92.7 Å². The summed E-state index contributed by atoms with van der Waals surface area (Å²) in [6, 6.07) is 26.4. The number of nitrogens with zero attached hydrogens (tertiary/aromatic N) is 2. The number of aryl methyl sites for hydroxylation is 1. The van der Waals surface area contributed by atoms with Crippen LogP contribution in [-0.4, -0.2) is 46.6 Å². The Morgan fingerprint density at radius 3 is 2.11 bits per heavy atom. The van der Waals surface area contributed by atoms with E-state index in [1.54, 1.807) is 4.90 Å². The van der Waals surface area contributed by atoms with Gasteiger partial charge in [-0.3, -0.25) is 9.59 Å². The van der Waals surface area contributed by atoms with Crippen molar-refractivity contribution >= 4 is 23.6 Å². The Morgan fingerprint density at radius 1 is 0.891 bits per heavy atom. The SMILES string of the molecule is CCN(C(=O)c1coc(C(O)C(CCc2ccccc2)NC(=O)C(CC(C)C)NC(=O)OCc2ccccc2)n1)c1ccccc1. The maximum atomic E-state index is 13.6. The Labute approximate surface area is 269 Å². The molecule has 0 radical (unpaired) electrons. The van der Waals surface area contributed by atoms with Crippen LogP contribution in [0.4, 0.5) is 10.5 Å². The molecule has 242 valence electrons. The van der Waals surface area contributed by atoms with E-state index in [9.17, 15) is 19.5 Å². The van der Waals surface area contributed by atoms with E-state index in [4.69, 9.17) is 9.15 Å². The minimum atomic E-state index is -1.37. The maximum Gasteiger partial charge on any atom is 0.408 e. The van der Waals surface area contributed by atoms with Crippen molar-refractivity contribution in [2.45, 2.75) is 64.8 Å². The normalized spacial score (nSPS) is 13.0. The number of hydrogen-bond acceptors (Lipinski definition) is 7. The number of carbonyl (C=O) groups is 3. The smallest absolute Gasteiger partial charge is 0.408 e. The molecule has 3 aromatic carbocycles. The fraction of sp³-hybridized carbons (Fsp3) is 0.333. The van der Waals surface area contributed by atoms with Crippen LogP contribution < -0.4 is 15.5 Å². The van der Waals surface area contributed by atoms with Crippen LogP contribution in [0.5, 0.6) is 0 Å². The van der Waals surface area contributed by atoms with Crippen molar-refractivity contribution < 1.29 is 28.6 Å². The number of oxazole rings is 1. The molecule has 10 heteroatoms. The van der Waals surface area contributed by atoms with Gasteiger partial charge in [-0.15, -0.1) is 0 Å². The topological polar surface area (TPSA) is 134 Å². The van der Waals surface area contributed by atoms with Gasteiger partial charge in [-0.25, -0.2) is 9.78 Å². The van der Waals surface area contributed by atoms with E-state index < -0.39 is 30.2 Å². The number of hydrogen-bond donors (Lipinski definition) is 3. The summed E-state index contributed by atoms with van der Waals surface area (Å²) in [4.78, 5) is 45.5. The molecule has 0 aliphatic rings. The number of anilines is 1. The molecule has 46 heavy (non-hydrogen) atoms. The van der Waals surface area contributed by atoms with Crippen LogP contribution in [0.1, 0.15) is 67.2 Å². The van der Waals surface area contributed by atoms with Crippen molar-refractivity contribution in [3.8, 4) is 0 Å². The number of nitrogens with one attached hydrogen (secondary N) is 2. The van der Waals surface area contributed by atoms with Gasteiger partial charge in [0, 0.05) is 12.2 Å². The Kier molecular flexibility index (Phi) is 12.5. The van der Waals surface area contributed by atoms with E-state index in [1.807, 2.05) is 112 Å². The molecule has 4 aromatic rings. The number of carbonyl (C=O) groups excluding carboxylic acids is 3. The van der Waals surface area contributed by atoms with E-state index >= 15 is 0 Å². The molecular weight excluding hydrogens is 584 g/mol. The highest BCUT2D eigenvalue weighted by Crippen LogP contribution is 2.23. The van der Waals surface area contributed by atoms with E-state index in [-0.39, 0.29) is 30.0 Å². The zero-order valence-electron chi connectivity index (χ0n) is 26.5. The molecule has 1 aromatic heterocycles. The number of ether oxygens (including phenoxy) is 1. The first-order valence-electron chi connectivity index (χ1n) is 15.6. The molecule has 1 heterocycles. The van der Waals surface area contributed by atoms with Gasteiger partial charge in [-0.05, 0) is 55.4 Å². The number of aromatic nitrogens is 1. The van der Waals surface area contributed by atoms with E-state index in [0.29, 0.717) is 31.5 Å². The Morgan fingerprint density at radius 2 is 1.50 bits per heavy atom. The summed E-state index contributed by atoms with van der Waals surface area (Å²) < 4.78 is 11.0. The van der Waals surface area contributed by atoms with Gasteiger partial charge in [0.15, 0.2) is 11.8 Å². The lowest BCUT2D eigenvalue weighted by Crippen LogP contribution is -2.51. The highest BCUT2D eigenvalue weighted by Gasteiger charge is 2.32. The Balaban J connectivity index is 1.50. The predicted octanol–water partition coefficient (Wildman–Crippen LogP) is 5.83. The van der Waals surface area contributed by atoms with Crippen molar-refractivity contribution in [1.82, 2.24) is 15.6 Å². The predicted molar refractivity (Wildman–Crippen MR) is 175 cm³/mol. The van der Waals surface area contributed by atoms with Crippen LogP contribution in [-0.2, 0) is 22.6 Å². The zero-order valence-corrected chi connectivity index (χ0v) is 26.5. The van der Waals surface area contributed by atoms with Crippen LogP contribution in [0.25, 0.3) is 0 Å². The number of aliphatic hydroxyl groups excluding tert-OH is 1. The zero-order chi connectivity index (χ0) is 32.9. The number of benzene rings is 3. The molecule has 0 spiro atoms. The van der Waals surface area contributed by atoms with Gasteiger partial charge in [0.2, 0.25) is 11.8 Å². The van der Waals surface area contributed by atoms with Crippen molar-refractivity contribution in [3.05, 3.63) is 120 Å². The fourth-order valence-corrected chi connectivity index (χ4v) is 5.05. The van der Waals surface area contributed by atoms with E-state index in [0.717, 1.165) is 11.1 Å². The van der Waals surface area contributed by atoms with Crippen molar-refractivity contribution in [1.29, 1.82) is 0 Å². The van der Waals surface area contributed by atoms with Crippen molar-refractivity contribution in [2.24, 2.45) is 5.92 Å². The summed E-state index contributed by atoms with van der Waals surface area (Å²) in [6.45, 7) is 6.21. The number of amides is 3. The summed E-state index contributed by atoms with van der Waals surface area (Å²) in [5.74, 6) is -0.881. The van der Waals surface area contributed by atoms with Gasteiger partial charge in [0.25, 0.3) is 5.91 Å². The van der Waals surface area contributed by atoms with Gasteiger partial charge in [0.1, 0.15) is 18.9 Å². The largest absolute Gasteiger partial charge is 0.445 e. The van der Waals surface area contributed by atoms with Crippen LogP contribution in [0, 0.1) is 5.92 Å². The molecule has 0 aliphatic carbocycles. The van der Waals surface area contributed by atoms with Crippen LogP contribution in [0.2, 0.25) is 0 Å². The minimum Gasteiger partial charge on any atom is -0.445 e. The molecule has 3 atom stereocenters. The molecule has 0 saturated heterocycles. The molecule has 0 saturated carbocycles. The summed E-state index contributed by atoms with van der Waals surface area (Å²) in [5.41, 5.74) is 2.58. The third-order valence-corrected chi connectivity index (χ3v) is 7.45. The second-order valence-electron chi connectivity index (χ2n) is 11.4. The van der Waals surface area contributed by atoms with E-state index in [1.165, 1.54) is 6.26 Å². The van der Waals surface area contributed by atoms with Crippen LogP contribution in [0.15, 0.2) is 102 Å². The first-order chi connectivity index (χ1) is 22.2. The Hall–Kier alpha value is -4.96. The minimum absolute atomic E-state index is 0.0356. The average Bonchev–Trinajstić information content (AvgIpc) is 3.57. The van der Waals surface area contributed by atoms with Gasteiger partial charge < -0.3 is 29.8 Å². The molecule has 10 nitrogen and oxygen atoms in total.